The molecule has 1 aromatic heterocycles. The van der Waals surface area contributed by atoms with Crippen molar-refractivity contribution in [1.82, 2.24) is 15.0 Å². The highest BCUT2D eigenvalue weighted by Crippen LogP contribution is 2.22. The summed E-state index contributed by atoms with van der Waals surface area (Å²) in [5, 5.41) is 7.96. The molecule has 0 bridgehead atoms. The highest BCUT2D eigenvalue weighted by Gasteiger charge is 2.09. The van der Waals surface area contributed by atoms with Gasteiger partial charge in [-0.25, -0.2) is 4.68 Å². The van der Waals surface area contributed by atoms with Crippen molar-refractivity contribution in [3.63, 3.8) is 0 Å². The largest absolute Gasteiger partial charge is 0.397 e. The fraction of sp³-hybridized carbons (Fsp3) is 0.455. The van der Waals surface area contributed by atoms with E-state index >= 15 is 0 Å². The normalized spacial score (nSPS) is 13.1. The first kappa shape index (κ1) is 11.8. The zero-order valence-electron chi connectivity index (χ0n) is 10.1. The third-order valence-corrected chi connectivity index (χ3v) is 2.55. The Morgan fingerprint density at radius 1 is 1.47 bits per heavy atom. The Bertz CT molecular complexity index is 520. The average Bonchev–Trinajstić information content (AvgIpc) is 2.64. The number of hydrogen-bond donors (Lipinski definition) is 2. The molecule has 92 valence electrons. The maximum absolute atomic E-state index is 6.02. The number of hydrogen-bond acceptors (Lipinski definition) is 5. The molecule has 1 atom stereocenters. The molecule has 0 aliphatic carbocycles. The summed E-state index contributed by atoms with van der Waals surface area (Å²) >= 11 is 0. The fourth-order valence-corrected chi connectivity index (χ4v) is 1.65. The average molecular weight is 235 g/mol. The van der Waals surface area contributed by atoms with Gasteiger partial charge in [-0.2, -0.15) is 0 Å². The highest BCUT2D eigenvalue weighted by atomic mass is 16.5. The van der Waals surface area contributed by atoms with Crippen LogP contribution in [0.2, 0.25) is 0 Å². The number of aromatic nitrogens is 3. The molecule has 2 rings (SSSR count). The molecule has 0 amide bonds. The molecule has 4 N–H and O–H groups in total. The number of aryl methyl sites for hydroxylation is 1. The van der Waals surface area contributed by atoms with Gasteiger partial charge >= 0.3 is 0 Å². The van der Waals surface area contributed by atoms with Gasteiger partial charge in [0.15, 0.2) is 0 Å². The van der Waals surface area contributed by atoms with Gasteiger partial charge in [0.05, 0.1) is 24.4 Å². The van der Waals surface area contributed by atoms with E-state index in [1.165, 1.54) is 0 Å². The molecular weight excluding hydrogens is 218 g/mol. The Kier molecular flexibility index (Phi) is 3.26. The van der Waals surface area contributed by atoms with Crippen molar-refractivity contribution in [3.05, 3.63) is 17.7 Å². The predicted molar refractivity (Wildman–Crippen MR) is 66.2 cm³/mol. The molecule has 6 nitrogen and oxygen atoms in total. The minimum atomic E-state index is 0.0245. The van der Waals surface area contributed by atoms with Gasteiger partial charge < -0.3 is 16.2 Å². The van der Waals surface area contributed by atoms with Crippen molar-refractivity contribution in [2.45, 2.75) is 19.6 Å². The molecule has 1 heterocycles. The summed E-state index contributed by atoms with van der Waals surface area (Å²) in [6, 6.07) is 3.90. The van der Waals surface area contributed by atoms with Crippen LogP contribution in [0, 0.1) is 0 Å². The number of fused-ring (bicyclic) bond motifs is 1. The Labute approximate surface area is 99.5 Å². The molecule has 0 spiro atoms. The zero-order valence-corrected chi connectivity index (χ0v) is 10.1. The van der Waals surface area contributed by atoms with E-state index in [4.69, 9.17) is 16.2 Å². The molecule has 0 aliphatic rings. The van der Waals surface area contributed by atoms with Crippen molar-refractivity contribution in [2.75, 3.05) is 12.3 Å². The maximum atomic E-state index is 6.02. The molecule has 6 heteroatoms. The van der Waals surface area contributed by atoms with E-state index in [0.717, 1.165) is 16.6 Å². The van der Waals surface area contributed by atoms with Crippen LogP contribution in [0.3, 0.4) is 0 Å². The lowest BCUT2D eigenvalue weighted by atomic mass is 10.1. The van der Waals surface area contributed by atoms with Gasteiger partial charge in [-0.1, -0.05) is 11.3 Å². The van der Waals surface area contributed by atoms with Crippen LogP contribution in [-0.4, -0.2) is 27.6 Å². The molecule has 0 aliphatic heterocycles. The van der Waals surface area contributed by atoms with Crippen molar-refractivity contribution >= 4 is 16.7 Å². The van der Waals surface area contributed by atoms with Crippen LogP contribution in [0.1, 0.15) is 12.5 Å². The second-order valence-electron chi connectivity index (χ2n) is 4.21. The van der Waals surface area contributed by atoms with Gasteiger partial charge in [0.2, 0.25) is 0 Å². The number of nitrogens with two attached hydrogens (primary N) is 2. The minimum absolute atomic E-state index is 0.0245. The molecule has 0 saturated carbocycles. The standard InChI is InChI=1S/C11H17N5O/c1-7(12)5-17-6-8-3-4-9-11(10(8)13)14-15-16(9)2/h3-4,7H,5-6,12-13H2,1-2H3/t7-/m1/s1. The van der Waals surface area contributed by atoms with Crippen LogP contribution < -0.4 is 11.5 Å². The van der Waals surface area contributed by atoms with E-state index in [2.05, 4.69) is 10.3 Å². The molecule has 0 unspecified atom stereocenters. The van der Waals surface area contributed by atoms with Crippen LogP contribution in [0.25, 0.3) is 11.0 Å². The van der Waals surface area contributed by atoms with Crippen molar-refractivity contribution < 1.29 is 4.74 Å². The Hall–Kier alpha value is -1.66. The van der Waals surface area contributed by atoms with Crippen molar-refractivity contribution in [3.8, 4) is 0 Å². The van der Waals surface area contributed by atoms with Gasteiger partial charge in [-0.15, -0.1) is 5.10 Å². The van der Waals surface area contributed by atoms with Gasteiger partial charge in [-0.05, 0) is 13.0 Å². The Morgan fingerprint density at radius 2 is 2.24 bits per heavy atom. The monoisotopic (exact) mass is 235 g/mol. The lowest BCUT2D eigenvalue weighted by Gasteiger charge is -2.09. The van der Waals surface area contributed by atoms with Gasteiger partial charge in [0.1, 0.15) is 5.52 Å². The Balaban J connectivity index is 2.21. The second kappa shape index (κ2) is 4.68. The smallest absolute Gasteiger partial charge is 0.136 e. The van der Waals surface area contributed by atoms with Gasteiger partial charge in [0, 0.05) is 18.7 Å². The van der Waals surface area contributed by atoms with Crippen molar-refractivity contribution in [2.24, 2.45) is 12.8 Å². The number of nitrogens with zero attached hydrogens (tertiary/aromatic N) is 3. The lowest BCUT2D eigenvalue weighted by Crippen LogP contribution is -2.21. The van der Waals surface area contributed by atoms with Gasteiger partial charge in [0.25, 0.3) is 0 Å². The summed E-state index contributed by atoms with van der Waals surface area (Å²) in [5.74, 6) is 0. The second-order valence-corrected chi connectivity index (χ2v) is 4.21. The first-order valence-electron chi connectivity index (χ1n) is 5.49. The first-order valence-corrected chi connectivity index (χ1v) is 5.49. The van der Waals surface area contributed by atoms with Crippen LogP contribution in [0.4, 0.5) is 5.69 Å². The Morgan fingerprint density at radius 3 is 2.94 bits per heavy atom. The van der Waals surface area contributed by atoms with E-state index in [1.54, 1.807) is 4.68 Å². The van der Waals surface area contributed by atoms with E-state index in [-0.39, 0.29) is 6.04 Å². The first-order chi connectivity index (χ1) is 8.09. The van der Waals surface area contributed by atoms with Crippen LogP contribution in [0.5, 0.6) is 0 Å². The van der Waals surface area contributed by atoms with Gasteiger partial charge in [-0.3, -0.25) is 0 Å². The lowest BCUT2D eigenvalue weighted by molar-refractivity contribution is 0.112. The molecule has 2 aromatic rings. The van der Waals surface area contributed by atoms with E-state index < -0.39 is 0 Å². The fourth-order valence-electron chi connectivity index (χ4n) is 1.65. The summed E-state index contributed by atoms with van der Waals surface area (Å²) in [4.78, 5) is 0. The summed E-state index contributed by atoms with van der Waals surface area (Å²) in [6.07, 6.45) is 0. The third-order valence-electron chi connectivity index (χ3n) is 2.55. The molecule has 0 radical (unpaired) electrons. The number of anilines is 1. The number of benzene rings is 1. The molecule has 1 aromatic carbocycles. The van der Waals surface area contributed by atoms with Crippen LogP contribution >= 0.6 is 0 Å². The van der Waals surface area contributed by atoms with E-state index in [9.17, 15) is 0 Å². The highest BCUT2D eigenvalue weighted by molar-refractivity contribution is 5.88. The topological polar surface area (TPSA) is 92.0 Å². The SMILES string of the molecule is C[C@@H](N)COCc1ccc2c(nnn2C)c1N. The maximum Gasteiger partial charge on any atom is 0.136 e. The molecule has 0 fully saturated rings. The van der Waals surface area contributed by atoms with Crippen LogP contribution in [-0.2, 0) is 18.4 Å². The summed E-state index contributed by atoms with van der Waals surface area (Å²) < 4.78 is 7.15. The summed E-state index contributed by atoms with van der Waals surface area (Å²) in [7, 11) is 1.83. The van der Waals surface area contributed by atoms with E-state index in [0.29, 0.717) is 18.9 Å². The predicted octanol–water partition coefficient (Wildman–Crippen LogP) is 0.414. The van der Waals surface area contributed by atoms with Crippen molar-refractivity contribution in [1.29, 1.82) is 0 Å². The molecule has 17 heavy (non-hydrogen) atoms. The zero-order chi connectivity index (χ0) is 12.4. The minimum Gasteiger partial charge on any atom is -0.397 e. The number of nitrogen functional groups attached to an aromatic ring is 1. The molecule has 0 saturated heterocycles. The summed E-state index contributed by atoms with van der Waals surface area (Å²) in [6.45, 7) is 2.85. The quantitative estimate of drug-likeness (QED) is 0.749. The number of ether oxygens (including phenoxy) is 1. The van der Waals surface area contributed by atoms with Crippen LogP contribution in [0.15, 0.2) is 12.1 Å². The molecular formula is C11H17N5O. The van der Waals surface area contributed by atoms with E-state index in [1.807, 2.05) is 26.1 Å². The number of rotatable bonds is 4. The summed E-state index contributed by atoms with van der Waals surface area (Å²) in [5.41, 5.74) is 14.8. The third kappa shape index (κ3) is 2.37.